The highest BCUT2D eigenvalue weighted by molar-refractivity contribution is 6.30. The summed E-state index contributed by atoms with van der Waals surface area (Å²) in [5.41, 5.74) is 0.857. The second-order valence-electron chi connectivity index (χ2n) is 4.77. The lowest BCUT2D eigenvalue weighted by atomic mass is 10.1. The Bertz CT molecular complexity index is 437. The molecule has 5 nitrogen and oxygen atoms in total. The maximum absolute atomic E-state index is 11.9. The second-order valence-corrected chi connectivity index (χ2v) is 5.13. The van der Waals surface area contributed by atoms with Crippen LogP contribution in [0.3, 0.4) is 0 Å². The Morgan fingerprint density at radius 2 is 2.05 bits per heavy atom. The first-order valence-electron chi connectivity index (χ1n) is 6.52. The summed E-state index contributed by atoms with van der Waals surface area (Å²) in [5, 5.41) is 6.39. The Balaban J connectivity index is 2.81. The highest BCUT2D eigenvalue weighted by Gasteiger charge is 2.17. The summed E-state index contributed by atoms with van der Waals surface area (Å²) in [5.74, 6) is 0.570. The molecule has 1 atom stereocenters. The van der Waals surface area contributed by atoms with Gasteiger partial charge in [-0.1, -0.05) is 24.9 Å². The van der Waals surface area contributed by atoms with Crippen LogP contribution in [-0.4, -0.2) is 28.0 Å². The summed E-state index contributed by atoms with van der Waals surface area (Å²) in [4.78, 5) is 20.0. The van der Waals surface area contributed by atoms with Crippen molar-refractivity contribution >= 4 is 23.3 Å². The van der Waals surface area contributed by atoms with Crippen molar-refractivity contribution in [3.63, 3.8) is 0 Å². The van der Waals surface area contributed by atoms with Gasteiger partial charge in [0.05, 0.1) is 0 Å². The van der Waals surface area contributed by atoms with Crippen LogP contribution in [0.1, 0.15) is 39.7 Å². The van der Waals surface area contributed by atoms with Gasteiger partial charge in [0.25, 0.3) is 0 Å². The molecule has 6 heteroatoms. The molecule has 0 spiro atoms. The third kappa shape index (κ3) is 4.67. The average molecular weight is 285 g/mol. The number of aromatic nitrogens is 2. The molecule has 1 aromatic heterocycles. The molecular weight excluding hydrogens is 264 g/mol. The molecule has 0 saturated heterocycles. The lowest BCUT2D eigenvalue weighted by Crippen LogP contribution is -2.41. The quantitative estimate of drug-likeness (QED) is 0.787. The van der Waals surface area contributed by atoms with E-state index in [-0.39, 0.29) is 18.0 Å². The maximum Gasteiger partial charge on any atom is 0.242 e. The van der Waals surface area contributed by atoms with E-state index in [2.05, 4.69) is 27.5 Å². The Hall–Kier alpha value is -1.36. The molecule has 0 aliphatic rings. The summed E-state index contributed by atoms with van der Waals surface area (Å²) < 4.78 is 0. The van der Waals surface area contributed by atoms with Gasteiger partial charge in [-0.05, 0) is 27.2 Å². The predicted molar refractivity (Wildman–Crippen MR) is 77.4 cm³/mol. The molecule has 1 heterocycles. The lowest BCUT2D eigenvalue weighted by molar-refractivity contribution is -0.122. The SMILES string of the molecule is CCCc1c(Cl)ncnc1NC(C)C(=O)NC(C)C. The molecule has 19 heavy (non-hydrogen) atoms. The first-order chi connectivity index (χ1) is 8.95. The molecule has 1 aromatic rings. The molecule has 0 aromatic carbocycles. The van der Waals surface area contributed by atoms with Crippen molar-refractivity contribution in [3.05, 3.63) is 17.0 Å². The molecule has 1 amide bonds. The molecule has 0 bridgehead atoms. The van der Waals surface area contributed by atoms with Crippen LogP contribution in [0.4, 0.5) is 5.82 Å². The predicted octanol–water partition coefficient (Wildman–Crippen LogP) is 2.41. The van der Waals surface area contributed by atoms with E-state index < -0.39 is 0 Å². The van der Waals surface area contributed by atoms with E-state index in [1.807, 2.05) is 13.8 Å². The van der Waals surface area contributed by atoms with Gasteiger partial charge in [-0.3, -0.25) is 4.79 Å². The topological polar surface area (TPSA) is 66.9 Å². The van der Waals surface area contributed by atoms with Crippen molar-refractivity contribution in [3.8, 4) is 0 Å². The fourth-order valence-electron chi connectivity index (χ4n) is 1.67. The summed E-state index contributed by atoms with van der Waals surface area (Å²) >= 11 is 6.06. The molecule has 1 unspecified atom stereocenters. The first kappa shape index (κ1) is 15.7. The number of hydrogen-bond acceptors (Lipinski definition) is 4. The molecule has 0 radical (unpaired) electrons. The Kier molecular flexibility index (Phi) is 6.02. The first-order valence-corrected chi connectivity index (χ1v) is 6.89. The van der Waals surface area contributed by atoms with E-state index in [1.165, 1.54) is 6.33 Å². The number of amides is 1. The van der Waals surface area contributed by atoms with Gasteiger partial charge in [0, 0.05) is 11.6 Å². The Morgan fingerprint density at radius 1 is 1.37 bits per heavy atom. The Labute approximate surface area is 119 Å². The highest BCUT2D eigenvalue weighted by atomic mass is 35.5. The van der Waals surface area contributed by atoms with Crippen LogP contribution in [0.25, 0.3) is 0 Å². The van der Waals surface area contributed by atoms with Crippen LogP contribution in [-0.2, 0) is 11.2 Å². The van der Waals surface area contributed by atoms with E-state index in [0.717, 1.165) is 18.4 Å². The number of carbonyl (C=O) groups is 1. The molecule has 2 N–H and O–H groups in total. The number of nitrogens with zero attached hydrogens (tertiary/aromatic N) is 2. The summed E-state index contributed by atoms with van der Waals surface area (Å²) in [6, 6.07) is -0.259. The van der Waals surface area contributed by atoms with Crippen LogP contribution >= 0.6 is 11.6 Å². The average Bonchev–Trinajstić information content (AvgIpc) is 2.32. The molecule has 106 valence electrons. The normalized spacial score (nSPS) is 12.3. The smallest absolute Gasteiger partial charge is 0.242 e. The van der Waals surface area contributed by atoms with Crippen molar-refractivity contribution in [2.24, 2.45) is 0 Å². The summed E-state index contributed by atoms with van der Waals surface area (Å²) in [7, 11) is 0. The van der Waals surface area contributed by atoms with Gasteiger partial charge in [0.15, 0.2) is 0 Å². The van der Waals surface area contributed by atoms with Gasteiger partial charge in [0.1, 0.15) is 23.3 Å². The van der Waals surface area contributed by atoms with Crippen LogP contribution in [0.2, 0.25) is 5.15 Å². The molecule has 0 aliphatic carbocycles. The minimum atomic E-state index is -0.371. The van der Waals surface area contributed by atoms with E-state index in [9.17, 15) is 4.79 Å². The van der Waals surface area contributed by atoms with E-state index >= 15 is 0 Å². The van der Waals surface area contributed by atoms with Gasteiger partial charge >= 0.3 is 0 Å². The van der Waals surface area contributed by atoms with Crippen LogP contribution in [0.15, 0.2) is 6.33 Å². The Morgan fingerprint density at radius 3 is 2.63 bits per heavy atom. The second kappa shape index (κ2) is 7.28. The van der Waals surface area contributed by atoms with Crippen molar-refractivity contribution in [2.45, 2.75) is 52.6 Å². The largest absolute Gasteiger partial charge is 0.358 e. The minimum Gasteiger partial charge on any atom is -0.358 e. The molecule has 0 aliphatic heterocycles. The van der Waals surface area contributed by atoms with E-state index in [0.29, 0.717) is 11.0 Å². The number of carbonyl (C=O) groups excluding carboxylic acids is 1. The zero-order valence-corrected chi connectivity index (χ0v) is 12.6. The zero-order valence-electron chi connectivity index (χ0n) is 11.8. The fourth-order valence-corrected chi connectivity index (χ4v) is 1.89. The number of nitrogens with one attached hydrogen (secondary N) is 2. The minimum absolute atomic E-state index is 0.0628. The number of hydrogen-bond donors (Lipinski definition) is 2. The standard InChI is InChI=1S/C13H21ClN4O/c1-5-6-10-11(14)15-7-16-12(10)18-9(4)13(19)17-8(2)3/h7-9H,5-6H2,1-4H3,(H,17,19)(H,15,16,18). The molecular formula is C13H21ClN4O. The van der Waals surface area contributed by atoms with Crippen molar-refractivity contribution in [1.29, 1.82) is 0 Å². The van der Waals surface area contributed by atoms with Crippen molar-refractivity contribution in [1.82, 2.24) is 15.3 Å². The van der Waals surface area contributed by atoms with Crippen LogP contribution in [0, 0.1) is 0 Å². The van der Waals surface area contributed by atoms with Gasteiger partial charge < -0.3 is 10.6 Å². The molecule has 1 rings (SSSR count). The highest BCUT2D eigenvalue weighted by Crippen LogP contribution is 2.21. The monoisotopic (exact) mass is 284 g/mol. The third-order valence-corrected chi connectivity index (χ3v) is 2.90. The number of rotatable bonds is 6. The van der Waals surface area contributed by atoms with E-state index in [1.54, 1.807) is 6.92 Å². The zero-order chi connectivity index (χ0) is 14.4. The van der Waals surface area contributed by atoms with Gasteiger partial charge in [0.2, 0.25) is 5.91 Å². The summed E-state index contributed by atoms with van der Waals surface area (Å²) in [6.07, 6.45) is 3.12. The fraction of sp³-hybridized carbons (Fsp3) is 0.615. The molecule has 0 saturated carbocycles. The maximum atomic E-state index is 11.9. The number of halogens is 1. The lowest BCUT2D eigenvalue weighted by Gasteiger charge is -2.18. The summed E-state index contributed by atoms with van der Waals surface area (Å²) in [6.45, 7) is 7.70. The molecule has 0 fully saturated rings. The van der Waals surface area contributed by atoms with Crippen molar-refractivity contribution < 1.29 is 4.79 Å². The van der Waals surface area contributed by atoms with Crippen molar-refractivity contribution in [2.75, 3.05) is 5.32 Å². The van der Waals surface area contributed by atoms with Crippen LogP contribution in [0.5, 0.6) is 0 Å². The van der Waals surface area contributed by atoms with Crippen LogP contribution < -0.4 is 10.6 Å². The van der Waals surface area contributed by atoms with Gasteiger partial charge in [-0.2, -0.15) is 0 Å². The third-order valence-electron chi connectivity index (χ3n) is 2.57. The van der Waals surface area contributed by atoms with Gasteiger partial charge in [-0.15, -0.1) is 0 Å². The number of anilines is 1. The van der Waals surface area contributed by atoms with E-state index in [4.69, 9.17) is 11.6 Å². The van der Waals surface area contributed by atoms with Gasteiger partial charge in [-0.25, -0.2) is 9.97 Å².